The third-order valence-electron chi connectivity index (χ3n) is 3.49. The van der Waals surface area contributed by atoms with E-state index in [9.17, 15) is 4.79 Å². The Hall–Kier alpha value is -1.22. The molecule has 0 radical (unpaired) electrons. The molecule has 0 heterocycles. The standard InChI is InChI=1S/C19H30O2S.CH4/c1-5-6-7-8-9-10-11-12-13-16(2)17(3)18(4)22-15-14-19(20)21;/h5H,1-4,6-15H2,(H,20,21);1H4. The summed E-state index contributed by atoms with van der Waals surface area (Å²) >= 11 is 1.45. The van der Waals surface area contributed by atoms with Gasteiger partial charge in [0, 0.05) is 10.7 Å². The van der Waals surface area contributed by atoms with E-state index in [2.05, 4.69) is 26.3 Å². The normalized spacial score (nSPS) is 9.74. The van der Waals surface area contributed by atoms with E-state index in [1.54, 1.807) is 0 Å². The summed E-state index contributed by atoms with van der Waals surface area (Å²) in [6.07, 6.45) is 11.7. The zero-order valence-corrected chi connectivity index (χ0v) is 14.6. The summed E-state index contributed by atoms with van der Waals surface area (Å²) in [5.74, 6) is -0.247. The average molecular weight is 339 g/mol. The molecule has 3 heteroatoms. The van der Waals surface area contributed by atoms with Crippen LogP contribution in [-0.2, 0) is 4.79 Å². The van der Waals surface area contributed by atoms with Gasteiger partial charge < -0.3 is 5.11 Å². The number of hydrogen-bond acceptors (Lipinski definition) is 2. The van der Waals surface area contributed by atoms with Gasteiger partial charge in [0.1, 0.15) is 0 Å². The van der Waals surface area contributed by atoms with E-state index < -0.39 is 5.97 Å². The number of hydrogen-bond donors (Lipinski definition) is 1. The first-order chi connectivity index (χ1) is 10.5. The molecule has 132 valence electrons. The van der Waals surface area contributed by atoms with Crippen molar-refractivity contribution in [3.05, 3.63) is 48.4 Å². The first kappa shape index (κ1) is 24.0. The summed E-state index contributed by atoms with van der Waals surface area (Å²) < 4.78 is 0. The second-order valence-corrected chi connectivity index (χ2v) is 6.64. The second-order valence-electron chi connectivity index (χ2n) is 5.45. The number of carboxylic acids is 1. The van der Waals surface area contributed by atoms with Crippen LogP contribution in [0.2, 0.25) is 0 Å². The predicted molar refractivity (Wildman–Crippen MR) is 106 cm³/mol. The second kappa shape index (κ2) is 15.7. The van der Waals surface area contributed by atoms with Gasteiger partial charge in [-0.3, -0.25) is 4.79 Å². The number of carbonyl (C=O) groups is 1. The first-order valence-corrected chi connectivity index (χ1v) is 8.99. The molecule has 0 aliphatic heterocycles. The molecule has 0 aromatic rings. The molecular weight excluding hydrogens is 304 g/mol. The van der Waals surface area contributed by atoms with Crippen LogP contribution in [0.5, 0.6) is 0 Å². The van der Waals surface area contributed by atoms with Crippen molar-refractivity contribution in [1.29, 1.82) is 0 Å². The minimum atomic E-state index is -0.780. The summed E-state index contributed by atoms with van der Waals surface area (Å²) in [5, 5.41) is 8.62. The van der Waals surface area contributed by atoms with Gasteiger partial charge in [-0.05, 0) is 36.8 Å². The number of rotatable bonds is 15. The highest BCUT2D eigenvalue weighted by Crippen LogP contribution is 2.28. The van der Waals surface area contributed by atoms with Crippen LogP contribution in [0.4, 0.5) is 0 Å². The van der Waals surface area contributed by atoms with Crippen molar-refractivity contribution in [3.63, 3.8) is 0 Å². The molecule has 0 rings (SSSR count). The van der Waals surface area contributed by atoms with Crippen LogP contribution in [0.3, 0.4) is 0 Å². The molecule has 0 aliphatic carbocycles. The molecule has 0 atom stereocenters. The van der Waals surface area contributed by atoms with Crippen LogP contribution in [0, 0.1) is 0 Å². The van der Waals surface area contributed by atoms with Gasteiger partial charge in [-0.1, -0.05) is 58.9 Å². The molecule has 0 spiro atoms. The van der Waals surface area contributed by atoms with E-state index in [-0.39, 0.29) is 13.8 Å². The Kier molecular flexibility index (Phi) is 16.4. The molecule has 0 unspecified atom stereocenters. The minimum Gasteiger partial charge on any atom is -0.481 e. The Balaban J connectivity index is 0. The van der Waals surface area contributed by atoms with Crippen molar-refractivity contribution in [2.45, 2.75) is 65.2 Å². The van der Waals surface area contributed by atoms with Crippen molar-refractivity contribution >= 4 is 17.7 Å². The van der Waals surface area contributed by atoms with Crippen LogP contribution >= 0.6 is 11.8 Å². The third-order valence-corrected chi connectivity index (χ3v) is 4.50. The summed E-state index contributed by atoms with van der Waals surface area (Å²) in [7, 11) is 0. The molecule has 0 aromatic carbocycles. The maximum atomic E-state index is 10.5. The molecule has 0 fully saturated rings. The van der Waals surface area contributed by atoms with Gasteiger partial charge in [0.2, 0.25) is 0 Å². The summed E-state index contributed by atoms with van der Waals surface area (Å²) in [6.45, 7) is 15.8. The number of unbranched alkanes of at least 4 members (excludes halogenated alkanes) is 6. The molecule has 1 N–H and O–H groups in total. The first-order valence-electron chi connectivity index (χ1n) is 8.00. The molecule has 0 bridgehead atoms. The monoisotopic (exact) mass is 338 g/mol. The fraction of sp³-hybridized carbons (Fsp3) is 0.550. The Labute approximate surface area is 147 Å². The molecule has 0 saturated heterocycles. The van der Waals surface area contributed by atoms with Crippen molar-refractivity contribution in [3.8, 4) is 0 Å². The predicted octanol–water partition coefficient (Wildman–Crippen LogP) is 6.76. The van der Waals surface area contributed by atoms with Crippen LogP contribution in [0.25, 0.3) is 0 Å². The maximum Gasteiger partial charge on any atom is 0.304 e. The van der Waals surface area contributed by atoms with Gasteiger partial charge in [-0.25, -0.2) is 0 Å². The highest BCUT2D eigenvalue weighted by atomic mass is 32.2. The van der Waals surface area contributed by atoms with Crippen LogP contribution in [-0.4, -0.2) is 16.8 Å². The molecule has 0 aromatic heterocycles. The molecular formula is C20H34O2S. The van der Waals surface area contributed by atoms with Gasteiger partial charge in [0.25, 0.3) is 0 Å². The van der Waals surface area contributed by atoms with E-state index in [4.69, 9.17) is 5.11 Å². The lowest BCUT2D eigenvalue weighted by molar-refractivity contribution is -0.136. The molecule has 0 saturated carbocycles. The zero-order valence-electron chi connectivity index (χ0n) is 13.7. The largest absolute Gasteiger partial charge is 0.481 e. The van der Waals surface area contributed by atoms with Crippen molar-refractivity contribution in [2.75, 3.05) is 5.75 Å². The van der Waals surface area contributed by atoms with Crippen molar-refractivity contribution in [1.82, 2.24) is 0 Å². The number of carboxylic acid groups (broad SMARTS) is 1. The minimum absolute atomic E-state index is 0. The molecule has 2 nitrogen and oxygen atoms in total. The number of thioether (sulfide) groups is 1. The van der Waals surface area contributed by atoms with Gasteiger partial charge in [0.15, 0.2) is 0 Å². The van der Waals surface area contributed by atoms with Crippen LogP contribution in [0.1, 0.15) is 65.2 Å². The molecule has 0 aliphatic rings. The Bertz CT molecular complexity index is 396. The lowest BCUT2D eigenvalue weighted by atomic mass is 10.0. The Morgan fingerprint density at radius 2 is 1.52 bits per heavy atom. The fourth-order valence-corrected chi connectivity index (χ4v) is 2.87. The van der Waals surface area contributed by atoms with Crippen molar-refractivity contribution in [2.24, 2.45) is 0 Å². The molecule has 0 amide bonds. The summed E-state index contributed by atoms with van der Waals surface area (Å²) in [4.78, 5) is 11.3. The highest BCUT2D eigenvalue weighted by Gasteiger charge is 2.06. The van der Waals surface area contributed by atoms with E-state index in [0.717, 1.165) is 35.3 Å². The number of allylic oxidation sites excluding steroid dienone is 3. The maximum absolute atomic E-state index is 10.5. The smallest absolute Gasteiger partial charge is 0.304 e. The average Bonchev–Trinajstić information content (AvgIpc) is 2.48. The lowest BCUT2D eigenvalue weighted by Crippen LogP contribution is -1.97. The lowest BCUT2D eigenvalue weighted by Gasteiger charge is -2.11. The van der Waals surface area contributed by atoms with E-state index in [1.165, 1.54) is 43.9 Å². The SMILES string of the molecule is C.C=CCCCCCCCCC(=C)C(=C)C(=C)SCCC(=O)O. The Morgan fingerprint density at radius 3 is 2.09 bits per heavy atom. The van der Waals surface area contributed by atoms with Crippen LogP contribution < -0.4 is 0 Å². The van der Waals surface area contributed by atoms with Crippen molar-refractivity contribution < 1.29 is 9.90 Å². The highest BCUT2D eigenvalue weighted by molar-refractivity contribution is 8.03. The van der Waals surface area contributed by atoms with Gasteiger partial charge in [0.05, 0.1) is 6.42 Å². The van der Waals surface area contributed by atoms with Gasteiger partial charge in [-0.2, -0.15) is 0 Å². The summed E-state index contributed by atoms with van der Waals surface area (Å²) in [5.41, 5.74) is 1.90. The Morgan fingerprint density at radius 1 is 0.957 bits per heavy atom. The summed E-state index contributed by atoms with van der Waals surface area (Å²) in [6, 6.07) is 0. The zero-order chi connectivity index (χ0) is 16.8. The number of aliphatic carboxylic acids is 1. The van der Waals surface area contributed by atoms with Gasteiger partial charge >= 0.3 is 5.97 Å². The van der Waals surface area contributed by atoms with E-state index in [0.29, 0.717) is 5.75 Å². The topological polar surface area (TPSA) is 37.3 Å². The van der Waals surface area contributed by atoms with Gasteiger partial charge in [-0.15, -0.1) is 18.3 Å². The molecule has 23 heavy (non-hydrogen) atoms. The third kappa shape index (κ3) is 14.1. The fourth-order valence-electron chi connectivity index (χ4n) is 2.03. The quantitative estimate of drug-likeness (QED) is 0.203. The van der Waals surface area contributed by atoms with Crippen LogP contribution in [0.15, 0.2) is 48.4 Å². The van der Waals surface area contributed by atoms with E-state index in [1.807, 2.05) is 6.08 Å². The van der Waals surface area contributed by atoms with E-state index >= 15 is 0 Å².